The van der Waals surface area contributed by atoms with Gasteiger partial charge in [-0.25, -0.2) is 0 Å². The third kappa shape index (κ3) is 12.3. The average Bonchev–Trinajstić information content (AvgIpc) is 1.62. The molecule has 3 nitrogen and oxygen atoms in total. The van der Waals surface area contributed by atoms with E-state index in [9.17, 15) is 84.3 Å². The summed E-state index contributed by atoms with van der Waals surface area (Å²) in [6.07, 6.45) is -57.7. The van der Waals surface area contributed by atoms with Crippen LogP contribution in [0.2, 0.25) is 0 Å². The molecule has 1 aliphatic rings. The molecule has 33 heteroatoms. The number of halogens is 30. The van der Waals surface area contributed by atoms with Gasteiger partial charge in [-0.2, -0.15) is 137 Å². The summed E-state index contributed by atoms with van der Waals surface area (Å²) in [7, 11) is 0. The van der Waals surface area contributed by atoms with Gasteiger partial charge in [0.05, 0.1) is 106 Å². The van der Waals surface area contributed by atoms with Crippen LogP contribution in [0.25, 0.3) is 88.4 Å². The van der Waals surface area contributed by atoms with Crippen LogP contribution in [0.5, 0.6) is 0 Å². The van der Waals surface area contributed by atoms with Gasteiger partial charge in [0, 0.05) is 27.1 Å². The molecule has 0 saturated carbocycles. The summed E-state index contributed by atoms with van der Waals surface area (Å²) < 4.78 is 455. The molecule has 1 aliphatic heterocycles. The molecule has 0 aliphatic carbocycles. The quantitative estimate of drug-likeness (QED) is 0.158. The summed E-state index contributed by atoms with van der Waals surface area (Å²) in [5.74, 6) is 0. The van der Waals surface area contributed by atoms with Crippen molar-refractivity contribution in [1.82, 2.24) is 9.13 Å². The number of alkyl halides is 30. The maximum atomic E-state index is 16.4. The summed E-state index contributed by atoms with van der Waals surface area (Å²) in [5, 5.41) is 9.59. The largest absolute Gasteiger partial charge is 0.417 e. The summed E-state index contributed by atoms with van der Waals surface area (Å²) in [6.45, 7) is 0. The first kappa shape index (κ1) is 72.5. The Bertz CT molecular complexity index is 5540. The van der Waals surface area contributed by atoms with Crippen LogP contribution < -0.4 is 0 Å². The second kappa shape index (κ2) is 23.3. The highest BCUT2D eigenvalue weighted by atomic mass is 19.4. The minimum atomic E-state index is -6.19. The van der Waals surface area contributed by atoms with Crippen molar-refractivity contribution in [2.24, 2.45) is 0 Å². The van der Waals surface area contributed by atoms with E-state index in [2.05, 4.69) is 0 Å². The maximum absolute atomic E-state index is 16.4. The molecule has 0 radical (unpaired) electrons. The molecule has 2 aromatic heterocycles. The summed E-state index contributed by atoms with van der Waals surface area (Å²) >= 11 is 0. The van der Waals surface area contributed by atoms with Crippen LogP contribution in [-0.2, 0) is 67.2 Å². The first-order chi connectivity index (χ1) is 48.3. The van der Waals surface area contributed by atoms with E-state index in [4.69, 9.17) is 0 Å². The van der Waals surface area contributed by atoms with Gasteiger partial charge in [0.15, 0.2) is 0 Å². The average molecular weight is 1510 g/mol. The maximum Gasteiger partial charge on any atom is 0.417 e. The van der Waals surface area contributed by atoms with E-state index in [1.807, 2.05) is 0 Å². The molecule has 105 heavy (non-hydrogen) atoms. The van der Waals surface area contributed by atoms with Crippen LogP contribution in [0.1, 0.15) is 83.5 Å². The highest BCUT2D eigenvalue weighted by molar-refractivity contribution is 6.14. The Morgan fingerprint density at radius 3 is 0.876 bits per heavy atom. The van der Waals surface area contributed by atoms with Crippen molar-refractivity contribution in [3.63, 3.8) is 0 Å². The molecular weight excluding hydrogens is 1480 g/mol. The van der Waals surface area contributed by atoms with E-state index in [0.717, 1.165) is 63.7 Å². The third-order valence-corrected chi connectivity index (χ3v) is 18.1. The molecule has 10 aromatic carbocycles. The molecule has 0 atom stereocenters. The second-order valence-corrected chi connectivity index (χ2v) is 24.2. The van der Waals surface area contributed by atoms with Crippen LogP contribution in [0, 0.1) is 11.3 Å². The van der Waals surface area contributed by atoms with Crippen LogP contribution in [0.4, 0.5) is 132 Å². The monoisotopic (exact) mass is 1510 g/mol. The van der Waals surface area contributed by atoms with Crippen molar-refractivity contribution in [2.75, 3.05) is 0 Å². The number of hydrogen-bond acceptors (Lipinski definition) is 1. The Morgan fingerprint density at radius 2 is 0.552 bits per heavy atom. The van der Waals surface area contributed by atoms with Gasteiger partial charge in [-0.3, -0.25) is 0 Å². The van der Waals surface area contributed by atoms with Gasteiger partial charge in [0.1, 0.15) is 0 Å². The van der Waals surface area contributed by atoms with Crippen LogP contribution in [0.3, 0.4) is 0 Å². The minimum Gasteiger partial charge on any atom is -0.307 e. The summed E-state index contributed by atoms with van der Waals surface area (Å²) in [5.41, 5.74) is -41.8. The molecular formula is C72H29F30N3. The third-order valence-electron chi connectivity index (χ3n) is 18.1. The fourth-order valence-electron chi connectivity index (χ4n) is 13.6. The van der Waals surface area contributed by atoms with Gasteiger partial charge in [0.2, 0.25) is 0 Å². The minimum absolute atomic E-state index is 0.0240. The van der Waals surface area contributed by atoms with E-state index < -0.39 is 240 Å². The van der Waals surface area contributed by atoms with Crippen molar-refractivity contribution < 1.29 is 132 Å². The number of fused-ring (bicyclic) bond motifs is 11. The first-order valence-corrected chi connectivity index (χ1v) is 29.5. The van der Waals surface area contributed by atoms with Crippen LogP contribution in [-0.4, -0.2) is 9.13 Å². The zero-order valence-electron chi connectivity index (χ0n) is 50.9. The van der Waals surface area contributed by atoms with Crippen molar-refractivity contribution in [3.8, 4) is 50.8 Å². The smallest absolute Gasteiger partial charge is 0.307 e. The lowest BCUT2D eigenvalue weighted by Gasteiger charge is -2.40. The van der Waals surface area contributed by atoms with Crippen molar-refractivity contribution in [2.45, 2.75) is 67.2 Å². The molecule has 0 spiro atoms. The van der Waals surface area contributed by atoms with Gasteiger partial charge in [-0.05, 0) is 153 Å². The number of aromatic nitrogens is 2. The van der Waals surface area contributed by atoms with Crippen molar-refractivity contribution >= 4 is 43.6 Å². The molecule has 12 aromatic rings. The number of rotatable bonds is 5. The molecule has 0 unspecified atom stereocenters. The summed E-state index contributed by atoms with van der Waals surface area (Å²) in [6, 6.07) is 11.2. The highest BCUT2D eigenvalue weighted by Gasteiger charge is 2.53. The van der Waals surface area contributed by atoms with E-state index in [-0.39, 0.29) is 77.5 Å². The molecule has 542 valence electrons. The number of hydrogen-bond donors (Lipinski definition) is 0. The van der Waals surface area contributed by atoms with Gasteiger partial charge in [0.25, 0.3) is 0 Å². The van der Waals surface area contributed by atoms with Crippen molar-refractivity contribution in [3.05, 3.63) is 259 Å². The normalized spacial score (nSPS) is 14.3. The predicted octanol–water partition coefficient (Wildman–Crippen LogP) is 25.6. The second-order valence-electron chi connectivity index (χ2n) is 24.2. The molecule has 0 fully saturated rings. The molecule has 0 amide bonds. The number of nitrogens with zero attached hydrogens (tertiary/aromatic N) is 3. The van der Waals surface area contributed by atoms with E-state index >= 15 is 52.7 Å². The lowest BCUT2D eigenvalue weighted by molar-refractivity contribution is -0.145. The Balaban J connectivity index is 1.33. The lowest BCUT2D eigenvalue weighted by Crippen LogP contribution is -2.36. The van der Waals surface area contributed by atoms with Crippen LogP contribution >= 0.6 is 0 Å². The predicted molar refractivity (Wildman–Crippen MR) is 318 cm³/mol. The number of benzene rings is 10. The van der Waals surface area contributed by atoms with Gasteiger partial charge < -0.3 is 9.13 Å². The Morgan fingerprint density at radius 1 is 0.248 bits per heavy atom. The van der Waals surface area contributed by atoms with Gasteiger partial charge in [-0.15, -0.1) is 0 Å². The standard InChI is InChI=1S/C72H29F30N3/c73-63(74,75)37-5-11-43(52(23-37)69(91,92)93)31-1-9-45-47-13-3-35-27-58(47)104(56(45)19-31)60-21-34(30-103)49(33-17-41(67(85,86)87)22-42(18-33)68(88,89)90)29-61(60)105-57-20-32(44-12-6-38(64(76,77)78)24-53(44)70(94,95)96)2-10-46(57)48-14-4-36(28-59(48)105)62(35,50-15-7-39(65(79,80)81)25-54(50)71(97,98)99)51-16-8-40(66(82,83)84)26-55(51)72(100,101)102/h1-29H. The van der Waals surface area contributed by atoms with Crippen molar-refractivity contribution in [1.29, 1.82) is 5.26 Å². The SMILES string of the molecule is N#Cc1cc2c(cc1-c1cc(C(F)(F)F)cc(C(F)(F)F)c1)-n1c3cc(-c4ccc(C(F)(F)F)cc4C(F)(F)F)ccc3c3ccc(cc31)C(c1ccc(C(F)(F)F)cc1C(F)(F)F)(c1ccc(C(F)(F)F)cc1C(F)(F)F)c1ccc3c4ccc(-c5ccc(C(F)(F)F)cc5C(F)(F)F)cc4n-2c3c1. The molecule has 0 saturated heterocycles. The molecule has 4 bridgehead atoms. The topological polar surface area (TPSA) is 33.6 Å². The molecule has 3 heterocycles. The summed E-state index contributed by atoms with van der Waals surface area (Å²) in [4.78, 5) is 0. The first-order valence-electron chi connectivity index (χ1n) is 29.5. The number of nitriles is 1. The Hall–Kier alpha value is -10.8. The van der Waals surface area contributed by atoms with Gasteiger partial charge in [-0.1, -0.05) is 72.8 Å². The van der Waals surface area contributed by atoms with Crippen LogP contribution in [0.15, 0.2) is 176 Å². The lowest BCUT2D eigenvalue weighted by atomic mass is 9.62. The molecule has 13 rings (SSSR count). The van der Waals surface area contributed by atoms with E-state index in [1.165, 1.54) is 0 Å². The fourth-order valence-corrected chi connectivity index (χ4v) is 13.6. The molecule has 0 N–H and O–H groups in total. The van der Waals surface area contributed by atoms with Gasteiger partial charge >= 0.3 is 61.8 Å². The fraction of sp³-hybridized carbons (Fsp3) is 0.153. The van der Waals surface area contributed by atoms with E-state index in [0.29, 0.717) is 42.5 Å². The zero-order chi connectivity index (χ0) is 76.8. The Kier molecular flexibility index (Phi) is 16.1. The Labute approximate surface area is 565 Å². The zero-order valence-corrected chi connectivity index (χ0v) is 50.9. The highest BCUT2D eigenvalue weighted by Crippen LogP contribution is 2.58. The van der Waals surface area contributed by atoms with E-state index in [1.54, 1.807) is 6.07 Å².